The summed E-state index contributed by atoms with van der Waals surface area (Å²) in [5.41, 5.74) is 5.61. The number of nitrogens with zero attached hydrogens (tertiary/aromatic N) is 1. The van der Waals surface area contributed by atoms with Crippen molar-refractivity contribution in [2.45, 2.75) is 0 Å². The number of esters is 1. The van der Waals surface area contributed by atoms with Gasteiger partial charge in [0.05, 0.1) is 23.7 Å². The number of nitrogens with one attached hydrogen (secondary N) is 1. The first kappa shape index (κ1) is 16.7. The minimum atomic E-state index is -0.380. The number of fused-ring (bicyclic) bond motifs is 1. The van der Waals surface area contributed by atoms with Gasteiger partial charge in [-0.05, 0) is 35.4 Å². The van der Waals surface area contributed by atoms with Gasteiger partial charge in [0.15, 0.2) is 0 Å². The Morgan fingerprint density at radius 1 is 0.963 bits per heavy atom. The summed E-state index contributed by atoms with van der Waals surface area (Å²) in [6.07, 6.45) is 0.842. The lowest BCUT2D eigenvalue weighted by atomic mass is 10.0. The van der Waals surface area contributed by atoms with Crippen molar-refractivity contribution in [3.63, 3.8) is 0 Å². The smallest absolute Gasteiger partial charge is 0.337 e. The molecular formula is C22H16N2O3. The normalized spacial score (nSPS) is 10.7. The van der Waals surface area contributed by atoms with Crippen LogP contribution >= 0.6 is 0 Å². The molecule has 1 N–H and O–H groups in total. The number of benzene rings is 3. The van der Waals surface area contributed by atoms with Gasteiger partial charge in [-0.2, -0.15) is 0 Å². The summed E-state index contributed by atoms with van der Waals surface area (Å²) in [6, 6.07) is 20.6. The van der Waals surface area contributed by atoms with Gasteiger partial charge >= 0.3 is 5.97 Å². The number of hydrogen-bond donors (Lipinski definition) is 1. The van der Waals surface area contributed by atoms with E-state index in [4.69, 9.17) is 4.74 Å². The van der Waals surface area contributed by atoms with Crippen LogP contribution in [0.25, 0.3) is 33.5 Å². The predicted octanol–water partition coefficient (Wildman–Crippen LogP) is 4.50. The third kappa shape index (κ3) is 3.22. The zero-order chi connectivity index (χ0) is 18.8. The van der Waals surface area contributed by atoms with E-state index in [1.807, 2.05) is 42.5 Å². The van der Waals surface area contributed by atoms with Crippen molar-refractivity contribution in [2.75, 3.05) is 7.11 Å². The van der Waals surface area contributed by atoms with Gasteiger partial charge in [-0.25, -0.2) is 9.78 Å². The lowest BCUT2D eigenvalue weighted by Gasteiger charge is -2.04. The molecule has 132 valence electrons. The number of methoxy groups -OCH3 is 1. The summed E-state index contributed by atoms with van der Waals surface area (Å²) in [6.45, 7) is 0. The monoisotopic (exact) mass is 356 g/mol. The summed E-state index contributed by atoms with van der Waals surface area (Å²) in [7, 11) is 1.36. The second-order valence-corrected chi connectivity index (χ2v) is 6.13. The number of hydrogen-bond acceptors (Lipinski definition) is 4. The van der Waals surface area contributed by atoms with E-state index < -0.39 is 0 Å². The Kier molecular flexibility index (Phi) is 4.26. The van der Waals surface area contributed by atoms with Crippen LogP contribution in [0.1, 0.15) is 20.7 Å². The molecule has 0 aliphatic rings. The topological polar surface area (TPSA) is 72.0 Å². The van der Waals surface area contributed by atoms with Crippen LogP contribution in [0.4, 0.5) is 0 Å². The van der Waals surface area contributed by atoms with Crippen molar-refractivity contribution in [3.05, 3.63) is 77.9 Å². The van der Waals surface area contributed by atoms with Crippen LogP contribution in [0.2, 0.25) is 0 Å². The van der Waals surface area contributed by atoms with E-state index in [9.17, 15) is 9.59 Å². The Hall–Kier alpha value is -3.73. The van der Waals surface area contributed by atoms with Crippen molar-refractivity contribution in [1.82, 2.24) is 9.97 Å². The highest BCUT2D eigenvalue weighted by molar-refractivity contribution is 5.94. The maximum absolute atomic E-state index is 11.7. The maximum Gasteiger partial charge on any atom is 0.337 e. The van der Waals surface area contributed by atoms with Crippen molar-refractivity contribution in [1.29, 1.82) is 0 Å². The zero-order valence-electron chi connectivity index (χ0n) is 14.6. The molecule has 27 heavy (non-hydrogen) atoms. The minimum absolute atomic E-state index is 0.380. The quantitative estimate of drug-likeness (QED) is 0.432. The van der Waals surface area contributed by atoms with Gasteiger partial charge in [-0.1, -0.05) is 42.5 Å². The molecular weight excluding hydrogens is 340 g/mol. The van der Waals surface area contributed by atoms with Gasteiger partial charge in [-0.15, -0.1) is 0 Å². The van der Waals surface area contributed by atoms with E-state index in [-0.39, 0.29) is 5.97 Å². The van der Waals surface area contributed by atoms with Gasteiger partial charge in [0.1, 0.15) is 12.1 Å². The largest absolute Gasteiger partial charge is 0.465 e. The molecule has 0 amide bonds. The van der Waals surface area contributed by atoms with Crippen molar-refractivity contribution >= 4 is 23.3 Å². The Bertz CT molecular complexity index is 1140. The Morgan fingerprint density at radius 3 is 2.48 bits per heavy atom. The number of aromatic amines is 1. The van der Waals surface area contributed by atoms with Gasteiger partial charge in [0, 0.05) is 11.1 Å². The predicted molar refractivity (Wildman–Crippen MR) is 104 cm³/mol. The Balaban J connectivity index is 1.67. The number of carbonyl (C=O) groups excluding carboxylic acids is 2. The lowest BCUT2D eigenvalue weighted by molar-refractivity contribution is 0.0601. The van der Waals surface area contributed by atoms with Crippen LogP contribution in [0.15, 0.2) is 66.7 Å². The molecule has 5 nitrogen and oxygen atoms in total. The fourth-order valence-electron chi connectivity index (χ4n) is 3.00. The van der Waals surface area contributed by atoms with E-state index in [2.05, 4.69) is 9.97 Å². The Labute approximate surface area is 155 Å². The van der Waals surface area contributed by atoms with Crippen LogP contribution in [-0.2, 0) is 4.74 Å². The number of imidazole rings is 1. The molecule has 4 aromatic rings. The molecule has 0 spiro atoms. The van der Waals surface area contributed by atoms with Gasteiger partial charge < -0.3 is 9.72 Å². The third-order valence-corrected chi connectivity index (χ3v) is 4.42. The highest BCUT2D eigenvalue weighted by Crippen LogP contribution is 2.26. The first-order chi connectivity index (χ1) is 13.2. The number of aldehydes is 1. The molecule has 0 radical (unpaired) electrons. The molecule has 0 bridgehead atoms. The third-order valence-electron chi connectivity index (χ3n) is 4.42. The number of rotatable bonds is 4. The molecule has 0 unspecified atom stereocenters. The molecule has 3 aromatic carbocycles. The van der Waals surface area contributed by atoms with Crippen LogP contribution in [0.3, 0.4) is 0 Å². The number of H-pyrrole nitrogens is 1. The van der Waals surface area contributed by atoms with E-state index in [0.717, 1.165) is 39.8 Å². The van der Waals surface area contributed by atoms with Gasteiger partial charge in [0.2, 0.25) is 0 Å². The molecule has 5 heteroatoms. The Morgan fingerprint density at radius 2 is 1.74 bits per heavy atom. The molecule has 0 saturated heterocycles. The van der Waals surface area contributed by atoms with E-state index in [1.165, 1.54) is 7.11 Å². The molecule has 4 rings (SSSR count). The second-order valence-electron chi connectivity index (χ2n) is 6.13. The molecule has 0 fully saturated rings. The molecule has 0 aliphatic heterocycles. The van der Waals surface area contributed by atoms with Crippen LogP contribution in [-0.4, -0.2) is 29.3 Å². The average Bonchev–Trinajstić information content (AvgIpc) is 3.16. The summed E-state index contributed by atoms with van der Waals surface area (Å²) in [5.74, 6) is 0.343. The summed E-state index contributed by atoms with van der Waals surface area (Å²) < 4.78 is 4.75. The standard InChI is InChI=1S/C22H16N2O3/c1-27-22(26)18-9-10-19-20(12-18)24-21(23-19)16-7-5-15(6-8-16)17-4-2-3-14(11-17)13-25/h2-13H,1H3,(H,23,24). The van der Waals surface area contributed by atoms with Crippen LogP contribution in [0.5, 0.6) is 0 Å². The molecule has 0 aliphatic carbocycles. The first-order valence-electron chi connectivity index (χ1n) is 8.42. The fraction of sp³-hybridized carbons (Fsp3) is 0.0455. The van der Waals surface area contributed by atoms with Crippen molar-refractivity contribution in [2.24, 2.45) is 0 Å². The van der Waals surface area contributed by atoms with Gasteiger partial charge in [-0.3, -0.25) is 4.79 Å². The zero-order valence-corrected chi connectivity index (χ0v) is 14.6. The summed E-state index contributed by atoms with van der Waals surface area (Å²) >= 11 is 0. The van der Waals surface area contributed by atoms with E-state index in [0.29, 0.717) is 11.1 Å². The molecule has 1 heterocycles. The fourth-order valence-corrected chi connectivity index (χ4v) is 3.00. The van der Waals surface area contributed by atoms with Crippen LogP contribution in [0, 0.1) is 0 Å². The summed E-state index contributed by atoms with van der Waals surface area (Å²) in [4.78, 5) is 30.5. The number of carbonyl (C=O) groups is 2. The lowest BCUT2D eigenvalue weighted by Crippen LogP contribution is -2.00. The maximum atomic E-state index is 11.7. The van der Waals surface area contributed by atoms with Crippen molar-refractivity contribution in [3.8, 4) is 22.5 Å². The van der Waals surface area contributed by atoms with Crippen molar-refractivity contribution < 1.29 is 14.3 Å². The summed E-state index contributed by atoms with van der Waals surface area (Å²) in [5, 5.41) is 0. The second kappa shape index (κ2) is 6.88. The van der Waals surface area contributed by atoms with E-state index in [1.54, 1.807) is 24.3 Å². The minimum Gasteiger partial charge on any atom is -0.465 e. The molecule has 1 aromatic heterocycles. The van der Waals surface area contributed by atoms with Gasteiger partial charge in [0.25, 0.3) is 0 Å². The number of ether oxygens (including phenoxy) is 1. The van der Waals surface area contributed by atoms with E-state index >= 15 is 0 Å². The van der Waals surface area contributed by atoms with Crippen LogP contribution < -0.4 is 0 Å². The average molecular weight is 356 g/mol. The molecule has 0 saturated carbocycles. The molecule has 0 atom stereocenters. The first-order valence-corrected chi connectivity index (χ1v) is 8.42. The highest BCUT2D eigenvalue weighted by atomic mass is 16.5. The SMILES string of the molecule is COC(=O)c1ccc2nc(-c3ccc(-c4cccc(C=O)c4)cc3)[nH]c2c1. The highest BCUT2D eigenvalue weighted by Gasteiger charge is 2.10. The number of aromatic nitrogens is 2.